The molecule has 0 saturated heterocycles. The van der Waals surface area contributed by atoms with E-state index in [2.05, 4.69) is 32.9 Å². The zero-order valence-electron chi connectivity index (χ0n) is 13.0. The lowest BCUT2D eigenvalue weighted by atomic mass is 10.0. The van der Waals surface area contributed by atoms with Crippen LogP contribution in [0.3, 0.4) is 0 Å². The summed E-state index contributed by atoms with van der Waals surface area (Å²) < 4.78 is 0. The second kappa shape index (κ2) is 9.15. The van der Waals surface area contributed by atoms with Gasteiger partial charge in [0, 0.05) is 0 Å². The van der Waals surface area contributed by atoms with Crippen molar-refractivity contribution in [2.45, 2.75) is 0 Å². The number of hydrogen-bond acceptors (Lipinski definition) is 0. The van der Waals surface area contributed by atoms with Gasteiger partial charge in [0.2, 0.25) is 0 Å². The van der Waals surface area contributed by atoms with Gasteiger partial charge in [-0.15, -0.1) is 0 Å². The van der Waals surface area contributed by atoms with Gasteiger partial charge in [-0.3, -0.25) is 0 Å². The monoisotopic (exact) mass is 286 g/mol. The molecule has 2 aromatic rings. The molecule has 0 aromatic heterocycles. The van der Waals surface area contributed by atoms with Crippen molar-refractivity contribution in [2.24, 2.45) is 0 Å². The van der Waals surface area contributed by atoms with Crippen LogP contribution in [0.25, 0.3) is 30.4 Å². The maximum atomic E-state index is 3.75. The Morgan fingerprint density at radius 1 is 0.500 bits per heavy atom. The van der Waals surface area contributed by atoms with E-state index < -0.39 is 0 Å². The second-order valence-corrected chi connectivity index (χ2v) is 4.54. The van der Waals surface area contributed by atoms with Gasteiger partial charge < -0.3 is 0 Å². The average Bonchev–Trinajstić information content (AvgIpc) is 2.61. The van der Waals surface area contributed by atoms with Gasteiger partial charge in [-0.25, -0.2) is 0 Å². The summed E-state index contributed by atoms with van der Waals surface area (Å²) in [5.41, 5.74) is 5.59. The van der Waals surface area contributed by atoms with Gasteiger partial charge in [-0.1, -0.05) is 106 Å². The Bertz CT molecular complexity index is 616. The van der Waals surface area contributed by atoms with Crippen LogP contribution in [0.1, 0.15) is 27.8 Å². The largest absolute Gasteiger partial charge is 0.0985 e. The summed E-state index contributed by atoms with van der Waals surface area (Å²) in [6.07, 6.45) is 9.13. The zero-order valence-corrected chi connectivity index (χ0v) is 13.0. The van der Waals surface area contributed by atoms with Crippen molar-refractivity contribution < 1.29 is 0 Å². The molecule has 0 unspecified atom stereocenters. The van der Waals surface area contributed by atoms with Crippen LogP contribution in [-0.2, 0) is 0 Å². The molecule has 0 fully saturated rings. The van der Waals surface area contributed by atoms with Gasteiger partial charge in [0.1, 0.15) is 0 Å². The molecule has 0 aliphatic heterocycles. The molecule has 110 valence electrons. The Hall–Kier alpha value is -2.86. The average molecular weight is 286 g/mol. The van der Waals surface area contributed by atoms with E-state index in [0.717, 1.165) is 27.8 Å². The predicted octanol–water partition coefficient (Wildman–Crippen LogP) is 6.59. The first-order valence-corrected chi connectivity index (χ1v) is 7.05. The van der Waals surface area contributed by atoms with Crippen LogP contribution in [0.5, 0.6) is 0 Å². The Kier molecular flexibility index (Phi) is 7.15. The van der Waals surface area contributed by atoms with Crippen molar-refractivity contribution in [3.63, 3.8) is 0 Å². The highest BCUT2D eigenvalue weighted by Crippen LogP contribution is 2.18. The standard InChI is InChI=1S/C12H12.C10H10/c1-4-10-8-7-9-11(5-2)12(10)6-3;1-3-9-5-7-10(4-2)8-6-9/h4-9H,1-3H2;3-8H,1-2H2. The molecule has 0 spiro atoms. The minimum atomic E-state index is 1.10. The van der Waals surface area contributed by atoms with E-state index in [9.17, 15) is 0 Å². The molecular weight excluding hydrogens is 264 g/mol. The van der Waals surface area contributed by atoms with Crippen LogP contribution in [-0.4, -0.2) is 0 Å². The third-order valence-electron chi connectivity index (χ3n) is 3.23. The summed E-state index contributed by atoms with van der Waals surface area (Å²) in [6, 6.07) is 14.1. The predicted molar refractivity (Wildman–Crippen MR) is 103 cm³/mol. The summed E-state index contributed by atoms with van der Waals surface area (Å²) >= 11 is 0. The minimum Gasteiger partial charge on any atom is -0.0985 e. The van der Waals surface area contributed by atoms with E-state index in [0.29, 0.717) is 0 Å². The smallest absolute Gasteiger partial charge is 0.0118 e. The summed E-state index contributed by atoms with van der Waals surface area (Å²) in [5.74, 6) is 0. The van der Waals surface area contributed by atoms with Crippen LogP contribution < -0.4 is 0 Å². The third-order valence-corrected chi connectivity index (χ3v) is 3.23. The molecule has 0 aliphatic carbocycles. The van der Waals surface area contributed by atoms with Gasteiger partial charge in [-0.05, 0) is 27.8 Å². The topological polar surface area (TPSA) is 0 Å². The maximum absolute atomic E-state index is 3.75. The zero-order chi connectivity index (χ0) is 16.4. The molecule has 2 rings (SSSR count). The second-order valence-electron chi connectivity index (χ2n) is 4.54. The molecule has 22 heavy (non-hydrogen) atoms. The van der Waals surface area contributed by atoms with Crippen molar-refractivity contribution in [3.05, 3.63) is 103 Å². The van der Waals surface area contributed by atoms with Gasteiger partial charge in [-0.2, -0.15) is 0 Å². The summed E-state index contributed by atoms with van der Waals surface area (Å²) in [6.45, 7) is 18.5. The molecule has 0 aliphatic rings. The van der Waals surface area contributed by atoms with Crippen molar-refractivity contribution in [1.82, 2.24) is 0 Å². The van der Waals surface area contributed by atoms with Crippen molar-refractivity contribution in [2.75, 3.05) is 0 Å². The summed E-state index contributed by atoms with van der Waals surface area (Å²) in [5, 5.41) is 0. The van der Waals surface area contributed by atoms with Gasteiger partial charge in [0.25, 0.3) is 0 Å². The van der Waals surface area contributed by atoms with E-state index in [4.69, 9.17) is 0 Å². The fourth-order valence-electron chi connectivity index (χ4n) is 1.96. The highest BCUT2D eigenvalue weighted by atomic mass is 14.0. The van der Waals surface area contributed by atoms with Crippen LogP contribution in [0.4, 0.5) is 0 Å². The molecule has 0 saturated carbocycles. The van der Waals surface area contributed by atoms with Gasteiger partial charge in [0.15, 0.2) is 0 Å². The molecule has 0 amide bonds. The fourth-order valence-corrected chi connectivity index (χ4v) is 1.96. The van der Waals surface area contributed by atoms with E-state index in [1.165, 1.54) is 0 Å². The van der Waals surface area contributed by atoms with Crippen molar-refractivity contribution >= 4 is 30.4 Å². The Balaban J connectivity index is 0.000000224. The van der Waals surface area contributed by atoms with E-state index >= 15 is 0 Å². The van der Waals surface area contributed by atoms with E-state index in [1.54, 1.807) is 0 Å². The van der Waals surface area contributed by atoms with Crippen LogP contribution in [0.2, 0.25) is 0 Å². The SMILES string of the molecule is C=Cc1ccc(C=C)cc1.C=Cc1cccc(C=C)c1C=C. The first-order chi connectivity index (χ1) is 10.7. The first kappa shape index (κ1) is 17.2. The van der Waals surface area contributed by atoms with Crippen LogP contribution in [0.15, 0.2) is 75.4 Å². The molecule has 0 radical (unpaired) electrons. The minimum absolute atomic E-state index is 1.10. The summed E-state index contributed by atoms with van der Waals surface area (Å²) in [4.78, 5) is 0. The molecule has 0 heteroatoms. The van der Waals surface area contributed by atoms with Gasteiger partial charge in [0.05, 0.1) is 0 Å². The molecular formula is C22H22. The first-order valence-electron chi connectivity index (χ1n) is 7.05. The lowest BCUT2D eigenvalue weighted by Gasteiger charge is -2.03. The quantitative estimate of drug-likeness (QED) is 0.581. The van der Waals surface area contributed by atoms with Crippen LogP contribution >= 0.6 is 0 Å². The number of hydrogen-bond donors (Lipinski definition) is 0. The molecule has 0 atom stereocenters. The normalized spacial score (nSPS) is 8.91. The maximum Gasteiger partial charge on any atom is -0.0118 e. The molecule has 0 nitrogen and oxygen atoms in total. The Labute approximate surface area is 134 Å². The molecule has 2 aromatic carbocycles. The Morgan fingerprint density at radius 2 is 0.909 bits per heavy atom. The Morgan fingerprint density at radius 3 is 1.18 bits per heavy atom. The van der Waals surface area contributed by atoms with Gasteiger partial charge >= 0.3 is 0 Å². The highest BCUT2D eigenvalue weighted by Gasteiger charge is 1.97. The molecule has 0 bridgehead atoms. The van der Waals surface area contributed by atoms with Crippen molar-refractivity contribution in [3.8, 4) is 0 Å². The summed E-state index contributed by atoms with van der Waals surface area (Å²) in [7, 11) is 0. The van der Waals surface area contributed by atoms with Crippen molar-refractivity contribution in [1.29, 1.82) is 0 Å². The lowest BCUT2D eigenvalue weighted by molar-refractivity contribution is 1.58. The van der Waals surface area contributed by atoms with Crippen LogP contribution in [0, 0.1) is 0 Å². The number of benzene rings is 2. The van der Waals surface area contributed by atoms with E-state index in [1.807, 2.05) is 72.8 Å². The lowest BCUT2D eigenvalue weighted by Crippen LogP contribution is -1.84. The highest BCUT2D eigenvalue weighted by molar-refractivity contribution is 5.72. The molecule has 0 heterocycles. The fraction of sp³-hybridized carbons (Fsp3) is 0. The number of rotatable bonds is 5. The van der Waals surface area contributed by atoms with E-state index in [-0.39, 0.29) is 0 Å². The molecule has 0 N–H and O–H groups in total. The third kappa shape index (κ3) is 4.60.